The lowest BCUT2D eigenvalue weighted by atomic mass is 10.0. The topological polar surface area (TPSA) is 37.4 Å². The van der Waals surface area contributed by atoms with Crippen molar-refractivity contribution < 1.29 is 8.42 Å². The molecule has 0 saturated carbocycles. The van der Waals surface area contributed by atoms with Gasteiger partial charge in [0.05, 0.1) is 6.26 Å². The van der Waals surface area contributed by atoms with Gasteiger partial charge in [-0.25, -0.2) is 12.7 Å². The zero-order valence-electron chi connectivity index (χ0n) is 7.23. The molecule has 1 heterocycles. The number of hydrogen-bond acceptors (Lipinski definition) is 3. The van der Waals surface area contributed by atoms with E-state index in [9.17, 15) is 8.42 Å². The molecule has 3 nitrogen and oxygen atoms in total. The maximum atomic E-state index is 11.1. The summed E-state index contributed by atoms with van der Waals surface area (Å²) in [7, 11) is -2.95. The molecule has 0 spiro atoms. The highest BCUT2D eigenvalue weighted by Gasteiger charge is 2.23. The predicted molar refractivity (Wildman–Crippen MR) is 53.0 cm³/mol. The van der Waals surface area contributed by atoms with Crippen molar-refractivity contribution in [3.8, 4) is 0 Å². The lowest BCUT2D eigenvalue weighted by Gasteiger charge is -2.29. The number of nitrogens with zero attached hydrogens (tertiary/aromatic N) is 1. The summed E-state index contributed by atoms with van der Waals surface area (Å²) in [4.78, 5) is 0. The zero-order chi connectivity index (χ0) is 9.19. The number of sulfonamides is 1. The van der Waals surface area contributed by atoms with Gasteiger partial charge in [-0.15, -0.1) is 0 Å². The second-order valence-electron chi connectivity index (χ2n) is 3.29. The minimum atomic E-state index is -2.95. The summed E-state index contributed by atoms with van der Waals surface area (Å²) in [5.41, 5.74) is 0. The molecule has 0 aromatic rings. The highest BCUT2D eigenvalue weighted by Crippen LogP contribution is 2.19. The van der Waals surface area contributed by atoms with Gasteiger partial charge in [0.1, 0.15) is 0 Å². The van der Waals surface area contributed by atoms with Crippen molar-refractivity contribution in [3.05, 3.63) is 0 Å². The molecule has 0 aromatic carbocycles. The molecule has 12 heavy (non-hydrogen) atoms. The molecule has 1 saturated heterocycles. The fourth-order valence-corrected chi connectivity index (χ4v) is 2.66. The van der Waals surface area contributed by atoms with E-state index in [2.05, 4.69) is 12.6 Å². The summed E-state index contributed by atoms with van der Waals surface area (Å²) in [6, 6.07) is 0. The van der Waals surface area contributed by atoms with Gasteiger partial charge >= 0.3 is 0 Å². The van der Waals surface area contributed by atoms with E-state index in [0.29, 0.717) is 19.0 Å². The van der Waals surface area contributed by atoms with Crippen LogP contribution in [0.4, 0.5) is 0 Å². The Bertz CT molecular complexity index is 230. The Kier molecular flexibility index (Phi) is 3.43. The van der Waals surface area contributed by atoms with Gasteiger partial charge < -0.3 is 0 Å². The van der Waals surface area contributed by atoms with Crippen molar-refractivity contribution in [2.24, 2.45) is 5.92 Å². The molecule has 1 fully saturated rings. The minimum absolute atomic E-state index is 0.603. The van der Waals surface area contributed by atoms with Crippen molar-refractivity contribution in [3.63, 3.8) is 0 Å². The first kappa shape index (κ1) is 10.3. The van der Waals surface area contributed by atoms with Gasteiger partial charge in [-0.2, -0.15) is 12.6 Å². The van der Waals surface area contributed by atoms with E-state index in [0.717, 1.165) is 18.6 Å². The van der Waals surface area contributed by atoms with E-state index in [4.69, 9.17) is 0 Å². The van der Waals surface area contributed by atoms with Crippen LogP contribution in [-0.4, -0.2) is 37.8 Å². The molecular weight excluding hydrogens is 194 g/mol. The lowest BCUT2D eigenvalue weighted by Crippen LogP contribution is -2.38. The number of thiol groups is 1. The van der Waals surface area contributed by atoms with E-state index >= 15 is 0 Å². The predicted octanol–water partition coefficient (Wildman–Crippen LogP) is 0.588. The first-order chi connectivity index (χ1) is 5.54. The SMILES string of the molecule is CS(=O)(=O)N1CCC(CS)CC1. The van der Waals surface area contributed by atoms with Crippen LogP contribution in [0.1, 0.15) is 12.8 Å². The van der Waals surface area contributed by atoms with E-state index in [1.54, 1.807) is 4.31 Å². The van der Waals surface area contributed by atoms with Crippen molar-refractivity contribution in [1.29, 1.82) is 0 Å². The lowest BCUT2D eigenvalue weighted by molar-refractivity contribution is 0.293. The maximum absolute atomic E-state index is 11.1. The van der Waals surface area contributed by atoms with Gasteiger partial charge in [-0.05, 0) is 24.5 Å². The normalized spacial score (nSPS) is 22.8. The molecule has 0 N–H and O–H groups in total. The van der Waals surface area contributed by atoms with Crippen molar-refractivity contribution in [2.45, 2.75) is 12.8 Å². The largest absolute Gasteiger partial charge is 0.213 e. The summed E-state index contributed by atoms with van der Waals surface area (Å²) < 4.78 is 23.7. The van der Waals surface area contributed by atoms with Crippen LogP contribution in [0.25, 0.3) is 0 Å². The van der Waals surface area contributed by atoms with E-state index in [1.165, 1.54) is 6.26 Å². The number of piperidine rings is 1. The first-order valence-corrected chi connectivity index (χ1v) is 6.58. The molecular formula is C7H15NO2S2. The summed E-state index contributed by atoms with van der Waals surface area (Å²) >= 11 is 4.20. The summed E-state index contributed by atoms with van der Waals surface area (Å²) in [5, 5.41) is 0. The van der Waals surface area contributed by atoms with Crippen LogP contribution in [0.3, 0.4) is 0 Å². The van der Waals surface area contributed by atoms with Gasteiger partial charge in [-0.3, -0.25) is 0 Å². The fraction of sp³-hybridized carbons (Fsp3) is 1.00. The monoisotopic (exact) mass is 209 g/mol. The Balaban J connectivity index is 2.47. The Labute approximate surface area is 79.6 Å². The molecule has 0 aliphatic carbocycles. The summed E-state index contributed by atoms with van der Waals surface area (Å²) in [5.74, 6) is 1.48. The van der Waals surface area contributed by atoms with Crippen LogP contribution in [0.2, 0.25) is 0 Å². The zero-order valence-corrected chi connectivity index (χ0v) is 8.94. The molecule has 0 aromatic heterocycles. The molecule has 0 radical (unpaired) electrons. The van der Waals surface area contributed by atoms with Crippen LogP contribution in [-0.2, 0) is 10.0 Å². The molecule has 0 unspecified atom stereocenters. The van der Waals surface area contributed by atoms with Gasteiger partial charge in [0.2, 0.25) is 10.0 Å². The summed E-state index contributed by atoms with van der Waals surface area (Å²) in [6.45, 7) is 1.34. The molecule has 5 heteroatoms. The average Bonchev–Trinajstić information content (AvgIpc) is 2.03. The van der Waals surface area contributed by atoms with Crippen LogP contribution >= 0.6 is 12.6 Å². The molecule has 1 aliphatic rings. The summed E-state index contributed by atoms with van der Waals surface area (Å²) in [6.07, 6.45) is 3.18. The van der Waals surface area contributed by atoms with E-state index in [1.807, 2.05) is 0 Å². The van der Waals surface area contributed by atoms with Gasteiger partial charge in [0, 0.05) is 13.1 Å². The Morgan fingerprint density at radius 3 is 2.25 bits per heavy atom. The highest BCUT2D eigenvalue weighted by molar-refractivity contribution is 7.88. The standard InChI is InChI=1S/C7H15NO2S2/c1-12(9,10)8-4-2-7(6-11)3-5-8/h7,11H,2-6H2,1H3. The molecule has 72 valence electrons. The van der Waals surface area contributed by atoms with Gasteiger partial charge in [0.15, 0.2) is 0 Å². The Morgan fingerprint density at radius 1 is 1.42 bits per heavy atom. The average molecular weight is 209 g/mol. The van der Waals surface area contributed by atoms with Crippen LogP contribution in [0.5, 0.6) is 0 Å². The third-order valence-electron chi connectivity index (χ3n) is 2.30. The fourth-order valence-electron chi connectivity index (χ4n) is 1.42. The Hall–Kier alpha value is 0.260. The number of rotatable bonds is 2. The van der Waals surface area contributed by atoms with Crippen molar-refractivity contribution >= 4 is 22.7 Å². The van der Waals surface area contributed by atoms with E-state index < -0.39 is 10.0 Å². The minimum Gasteiger partial charge on any atom is -0.213 e. The quantitative estimate of drug-likeness (QED) is 0.676. The third-order valence-corrected chi connectivity index (χ3v) is 4.12. The van der Waals surface area contributed by atoms with Crippen LogP contribution < -0.4 is 0 Å². The second kappa shape index (κ2) is 3.98. The molecule has 1 rings (SSSR count). The Morgan fingerprint density at radius 2 is 1.92 bits per heavy atom. The van der Waals surface area contributed by atoms with E-state index in [-0.39, 0.29) is 0 Å². The maximum Gasteiger partial charge on any atom is 0.211 e. The van der Waals surface area contributed by atoms with Crippen molar-refractivity contribution in [1.82, 2.24) is 4.31 Å². The van der Waals surface area contributed by atoms with Gasteiger partial charge in [0.25, 0.3) is 0 Å². The molecule has 1 aliphatic heterocycles. The van der Waals surface area contributed by atoms with Gasteiger partial charge in [-0.1, -0.05) is 0 Å². The van der Waals surface area contributed by atoms with Crippen LogP contribution in [0, 0.1) is 5.92 Å². The molecule has 0 bridgehead atoms. The number of hydrogen-bond donors (Lipinski definition) is 1. The first-order valence-electron chi connectivity index (χ1n) is 4.10. The second-order valence-corrected chi connectivity index (χ2v) is 5.64. The third kappa shape index (κ3) is 2.64. The van der Waals surface area contributed by atoms with Crippen molar-refractivity contribution in [2.75, 3.05) is 25.1 Å². The highest BCUT2D eigenvalue weighted by atomic mass is 32.2. The molecule has 0 atom stereocenters. The van der Waals surface area contributed by atoms with Crippen LogP contribution in [0.15, 0.2) is 0 Å². The molecule has 0 amide bonds. The smallest absolute Gasteiger partial charge is 0.211 e.